The molecule has 1 fully saturated rings. The number of ether oxygens (including phenoxy) is 1. The molecule has 20 heavy (non-hydrogen) atoms. The van der Waals surface area contributed by atoms with E-state index in [0.717, 1.165) is 28.7 Å². The van der Waals surface area contributed by atoms with Gasteiger partial charge < -0.3 is 15.2 Å². The molecule has 5 heteroatoms. The molecular weight excluding hydrogens is 272 g/mol. The maximum Gasteiger partial charge on any atom is 0.0945 e. The summed E-state index contributed by atoms with van der Waals surface area (Å²) >= 11 is 1.62. The number of aliphatic hydroxyl groups excluding tert-OH is 1. The molecule has 3 rings (SSSR count). The molecule has 0 bridgehead atoms. The van der Waals surface area contributed by atoms with Crippen LogP contribution in [0.1, 0.15) is 25.7 Å². The Labute approximate surface area is 122 Å². The second-order valence-corrected chi connectivity index (χ2v) is 6.20. The molecule has 0 amide bonds. The van der Waals surface area contributed by atoms with E-state index in [0.29, 0.717) is 19.3 Å². The zero-order chi connectivity index (χ0) is 13.8. The molecule has 1 aromatic carbocycles. The van der Waals surface area contributed by atoms with Gasteiger partial charge in [-0.3, -0.25) is 0 Å². The van der Waals surface area contributed by atoms with Crippen molar-refractivity contribution in [2.24, 2.45) is 0 Å². The van der Waals surface area contributed by atoms with Crippen molar-refractivity contribution in [3.8, 4) is 0 Å². The van der Waals surface area contributed by atoms with Crippen LogP contribution in [0.2, 0.25) is 0 Å². The summed E-state index contributed by atoms with van der Waals surface area (Å²) in [7, 11) is 0. The highest BCUT2D eigenvalue weighted by atomic mass is 32.1. The van der Waals surface area contributed by atoms with Crippen molar-refractivity contribution in [2.75, 3.05) is 18.5 Å². The van der Waals surface area contributed by atoms with Gasteiger partial charge in [-0.2, -0.15) is 0 Å². The van der Waals surface area contributed by atoms with Crippen LogP contribution in [0, 0.1) is 0 Å². The van der Waals surface area contributed by atoms with Crippen LogP contribution < -0.4 is 5.32 Å². The Morgan fingerprint density at radius 3 is 3.10 bits per heavy atom. The van der Waals surface area contributed by atoms with Crippen LogP contribution in [0.5, 0.6) is 0 Å². The van der Waals surface area contributed by atoms with Gasteiger partial charge in [0.15, 0.2) is 0 Å². The Morgan fingerprint density at radius 2 is 2.25 bits per heavy atom. The predicted octanol–water partition coefficient (Wildman–Crippen LogP) is 3.03. The number of nitrogens with zero attached hydrogens (tertiary/aromatic N) is 1. The SMILES string of the molecule is OC(CNc1ccc2ncsc2c1)COC1CCCC1. The van der Waals surface area contributed by atoms with Crippen molar-refractivity contribution in [3.05, 3.63) is 23.7 Å². The summed E-state index contributed by atoms with van der Waals surface area (Å²) in [4.78, 5) is 4.25. The first-order valence-electron chi connectivity index (χ1n) is 7.18. The molecule has 1 aromatic heterocycles. The van der Waals surface area contributed by atoms with Crippen LogP contribution in [0.25, 0.3) is 10.2 Å². The highest BCUT2D eigenvalue weighted by molar-refractivity contribution is 7.16. The Bertz CT molecular complexity index is 552. The van der Waals surface area contributed by atoms with Gasteiger partial charge in [-0.25, -0.2) is 4.98 Å². The molecule has 0 aliphatic heterocycles. The number of thiazole rings is 1. The van der Waals surface area contributed by atoms with E-state index in [1.165, 1.54) is 12.8 Å². The number of hydrogen-bond acceptors (Lipinski definition) is 5. The number of anilines is 1. The maximum absolute atomic E-state index is 9.95. The first kappa shape index (κ1) is 13.8. The molecule has 1 unspecified atom stereocenters. The molecule has 1 aliphatic carbocycles. The van der Waals surface area contributed by atoms with Crippen molar-refractivity contribution in [3.63, 3.8) is 0 Å². The molecule has 0 radical (unpaired) electrons. The van der Waals surface area contributed by atoms with E-state index in [4.69, 9.17) is 4.74 Å². The van der Waals surface area contributed by atoms with Crippen LogP contribution >= 0.6 is 11.3 Å². The van der Waals surface area contributed by atoms with Gasteiger partial charge in [-0.1, -0.05) is 12.8 Å². The fourth-order valence-electron chi connectivity index (χ4n) is 2.56. The minimum absolute atomic E-state index is 0.359. The zero-order valence-electron chi connectivity index (χ0n) is 11.4. The van der Waals surface area contributed by atoms with Crippen molar-refractivity contribution in [2.45, 2.75) is 37.9 Å². The standard InChI is InChI=1S/C15H20N2O2S/c18-12(9-19-13-3-1-2-4-13)8-16-11-5-6-14-15(7-11)20-10-17-14/h5-7,10,12-13,16,18H,1-4,8-9H2. The third-order valence-corrected chi connectivity index (χ3v) is 4.49. The largest absolute Gasteiger partial charge is 0.389 e. The number of aromatic nitrogens is 1. The average Bonchev–Trinajstić information content (AvgIpc) is 3.13. The van der Waals surface area contributed by atoms with Gasteiger partial charge in [0.25, 0.3) is 0 Å². The smallest absolute Gasteiger partial charge is 0.0945 e. The van der Waals surface area contributed by atoms with E-state index >= 15 is 0 Å². The third-order valence-electron chi connectivity index (χ3n) is 3.70. The highest BCUT2D eigenvalue weighted by Crippen LogP contribution is 2.22. The van der Waals surface area contributed by atoms with E-state index in [2.05, 4.69) is 16.4 Å². The summed E-state index contributed by atoms with van der Waals surface area (Å²) < 4.78 is 6.87. The number of nitrogens with one attached hydrogen (secondary N) is 1. The normalized spacial score (nSPS) is 17.6. The summed E-state index contributed by atoms with van der Waals surface area (Å²) in [5, 5.41) is 13.2. The van der Waals surface area contributed by atoms with E-state index in [1.807, 2.05) is 17.6 Å². The summed E-state index contributed by atoms with van der Waals surface area (Å²) in [5.74, 6) is 0. The number of fused-ring (bicyclic) bond motifs is 1. The monoisotopic (exact) mass is 292 g/mol. The van der Waals surface area contributed by atoms with Crippen LogP contribution in [0.4, 0.5) is 5.69 Å². The highest BCUT2D eigenvalue weighted by Gasteiger charge is 2.16. The minimum Gasteiger partial charge on any atom is -0.389 e. The van der Waals surface area contributed by atoms with Crippen molar-refractivity contribution >= 4 is 27.2 Å². The topological polar surface area (TPSA) is 54.4 Å². The molecule has 2 N–H and O–H groups in total. The second-order valence-electron chi connectivity index (χ2n) is 5.31. The van der Waals surface area contributed by atoms with E-state index in [9.17, 15) is 5.11 Å². The van der Waals surface area contributed by atoms with E-state index in [-0.39, 0.29) is 0 Å². The molecule has 2 aromatic rings. The van der Waals surface area contributed by atoms with Crippen LogP contribution in [0.3, 0.4) is 0 Å². The number of hydrogen-bond donors (Lipinski definition) is 2. The summed E-state index contributed by atoms with van der Waals surface area (Å²) in [6.45, 7) is 0.928. The van der Waals surface area contributed by atoms with Crippen molar-refractivity contribution < 1.29 is 9.84 Å². The van der Waals surface area contributed by atoms with Gasteiger partial charge in [-0.15, -0.1) is 11.3 Å². The van der Waals surface area contributed by atoms with Crippen molar-refractivity contribution in [1.82, 2.24) is 4.98 Å². The number of benzene rings is 1. The summed E-state index contributed by atoms with van der Waals surface area (Å²) in [5.41, 5.74) is 3.88. The van der Waals surface area contributed by atoms with E-state index in [1.54, 1.807) is 11.3 Å². The van der Waals surface area contributed by atoms with Crippen LogP contribution in [-0.2, 0) is 4.74 Å². The maximum atomic E-state index is 9.95. The lowest BCUT2D eigenvalue weighted by atomic mass is 10.2. The molecule has 1 aliphatic rings. The first-order valence-corrected chi connectivity index (χ1v) is 8.06. The molecule has 0 spiro atoms. The number of aliphatic hydroxyl groups is 1. The Morgan fingerprint density at radius 1 is 1.40 bits per heavy atom. The lowest BCUT2D eigenvalue weighted by Gasteiger charge is -2.16. The molecule has 1 saturated carbocycles. The zero-order valence-corrected chi connectivity index (χ0v) is 12.2. The molecule has 1 heterocycles. The van der Waals surface area contributed by atoms with Gasteiger partial charge >= 0.3 is 0 Å². The Balaban J connectivity index is 1.45. The van der Waals surface area contributed by atoms with Crippen LogP contribution in [-0.4, -0.2) is 35.5 Å². The van der Waals surface area contributed by atoms with Gasteiger partial charge in [0.05, 0.1) is 34.5 Å². The van der Waals surface area contributed by atoms with Gasteiger partial charge in [0, 0.05) is 12.2 Å². The van der Waals surface area contributed by atoms with E-state index < -0.39 is 6.10 Å². The van der Waals surface area contributed by atoms with Crippen molar-refractivity contribution in [1.29, 1.82) is 0 Å². The molecule has 1 atom stereocenters. The minimum atomic E-state index is -0.465. The fourth-order valence-corrected chi connectivity index (χ4v) is 3.28. The average molecular weight is 292 g/mol. The predicted molar refractivity (Wildman–Crippen MR) is 82.3 cm³/mol. The van der Waals surface area contributed by atoms with Gasteiger partial charge in [0.2, 0.25) is 0 Å². The number of rotatable bonds is 6. The lowest BCUT2D eigenvalue weighted by Crippen LogP contribution is -2.27. The van der Waals surface area contributed by atoms with Gasteiger partial charge in [-0.05, 0) is 31.0 Å². The molecule has 0 saturated heterocycles. The third kappa shape index (κ3) is 3.48. The fraction of sp³-hybridized carbons (Fsp3) is 0.533. The molecular formula is C15H20N2O2S. The van der Waals surface area contributed by atoms with Gasteiger partial charge in [0.1, 0.15) is 0 Å². The first-order chi connectivity index (χ1) is 9.81. The Hall–Kier alpha value is -1.17. The summed E-state index contributed by atoms with van der Waals surface area (Å²) in [6.07, 6.45) is 4.69. The van der Waals surface area contributed by atoms with Crippen LogP contribution in [0.15, 0.2) is 23.7 Å². The lowest BCUT2D eigenvalue weighted by molar-refractivity contribution is -0.00117. The quantitative estimate of drug-likeness (QED) is 0.859. The Kier molecular flexibility index (Phi) is 4.50. The molecule has 108 valence electrons. The summed E-state index contributed by atoms with van der Waals surface area (Å²) in [6, 6.07) is 6.06. The second kappa shape index (κ2) is 6.52. The molecule has 4 nitrogen and oxygen atoms in total.